The number of aromatic nitrogens is 4. The van der Waals surface area contributed by atoms with Crippen molar-refractivity contribution in [3.63, 3.8) is 0 Å². The first kappa shape index (κ1) is 13.2. The number of nitrogens with one attached hydrogen (secondary N) is 2. The summed E-state index contributed by atoms with van der Waals surface area (Å²) in [4.78, 5) is 25.2. The summed E-state index contributed by atoms with van der Waals surface area (Å²) in [5.41, 5.74) is 1.54. The third-order valence-electron chi connectivity index (χ3n) is 4.32. The van der Waals surface area contributed by atoms with Gasteiger partial charge in [-0.25, -0.2) is 15.0 Å². The molecule has 2 heterocycles. The Morgan fingerprint density at radius 1 is 1.32 bits per heavy atom. The van der Waals surface area contributed by atoms with Gasteiger partial charge in [-0.05, 0) is 19.3 Å². The molecule has 2 aromatic heterocycles. The molecule has 2 aliphatic carbocycles. The second-order valence-corrected chi connectivity index (χ2v) is 5.84. The number of hydrogen-bond acceptors (Lipinski definition) is 5. The molecule has 0 spiro atoms. The molecule has 2 aromatic rings. The van der Waals surface area contributed by atoms with Crippen molar-refractivity contribution in [2.24, 2.45) is 5.92 Å². The minimum Gasteiger partial charge on any atom is -0.365 e. The Hall–Kier alpha value is -2.44. The Morgan fingerprint density at radius 2 is 2.18 bits per heavy atom. The molecule has 2 unspecified atom stereocenters. The minimum absolute atomic E-state index is 0.0437. The van der Waals surface area contributed by atoms with E-state index in [1.165, 1.54) is 12.8 Å². The summed E-state index contributed by atoms with van der Waals surface area (Å²) in [6.07, 6.45) is 10.5. The molecular formula is C15H18N6O. The Kier molecular flexibility index (Phi) is 3.06. The van der Waals surface area contributed by atoms with Crippen LogP contribution in [0.15, 0.2) is 24.8 Å². The maximum atomic E-state index is 12.0. The lowest BCUT2D eigenvalue weighted by Crippen LogP contribution is -2.31. The number of carbonyl (C=O) groups is 1. The third kappa shape index (κ3) is 2.13. The number of carbonyl (C=O) groups excluding carboxylic acids is 1. The Balaban J connectivity index is 1.72. The lowest BCUT2D eigenvalue weighted by molar-refractivity contribution is -0.125. The summed E-state index contributed by atoms with van der Waals surface area (Å²) >= 11 is 0. The van der Waals surface area contributed by atoms with Gasteiger partial charge in [-0.3, -0.25) is 4.79 Å². The second kappa shape index (κ2) is 5.08. The molecule has 0 radical (unpaired) electrons. The molecule has 0 saturated heterocycles. The van der Waals surface area contributed by atoms with Gasteiger partial charge in [0.1, 0.15) is 11.8 Å². The Morgan fingerprint density at radius 3 is 2.95 bits per heavy atom. The molecule has 114 valence electrons. The smallest absolute Gasteiger partial charge is 0.225 e. The van der Waals surface area contributed by atoms with Gasteiger partial charge in [-0.1, -0.05) is 12.2 Å². The average molecular weight is 298 g/mol. The van der Waals surface area contributed by atoms with E-state index in [1.54, 1.807) is 19.7 Å². The quantitative estimate of drug-likeness (QED) is 0.830. The fourth-order valence-electron chi connectivity index (χ4n) is 2.97. The first-order valence-electron chi connectivity index (χ1n) is 7.60. The van der Waals surface area contributed by atoms with E-state index in [4.69, 9.17) is 0 Å². The molecule has 4 rings (SSSR count). The Bertz CT molecular complexity index is 748. The summed E-state index contributed by atoms with van der Waals surface area (Å²) in [5.74, 6) is 0.712. The summed E-state index contributed by atoms with van der Waals surface area (Å²) in [6, 6.07) is 0.460. The van der Waals surface area contributed by atoms with Crippen molar-refractivity contribution >= 4 is 22.9 Å². The van der Waals surface area contributed by atoms with Crippen molar-refractivity contribution in [3.05, 3.63) is 24.8 Å². The zero-order chi connectivity index (χ0) is 15.1. The number of rotatable bonds is 4. The molecule has 2 aliphatic rings. The van der Waals surface area contributed by atoms with Crippen molar-refractivity contribution < 1.29 is 4.79 Å². The first-order valence-corrected chi connectivity index (χ1v) is 7.60. The molecule has 1 saturated carbocycles. The number of hydrogen-bond donors (Lipinski definition) is 2. The van der Waals surface area contributed by atoms with Crippen LogP contribution in [-0.2, 0) is 4.79 Å². The zero-order valence-electron chi connectivity index (χ0n) is 12.4. The molecule has 1 amide bonds. The van der Waals surface area contributed by atoms with Crippen molar-refractivity contribution in [1.29, 1.82) is 0 Å². The van der Waals surface area contributed by atoms with E-state index >= 15 is 0 Å². The number of anilines is 1. The van der Waals surface area contributed by atoms with Crippen LogP contribution in [-0.4, -0.2) is 38.5 Å². The fourth-order valence-corrected chi connectivity index (χ4v) is 2.97. The highest BCUT2D eigenvalue weighted by Crippen LogP contribution is 2.33. The number of nitrogens with zero attached hydrogens (tertiary/aromatic N) is 4. The van der Waals surface area contributed by atoms with E-state index in [9.17, 15) is 4.79 Å². The molecule has 0 aliphatic heterocycles. The van der Waals surface area contributed by atoms with Crippen LogP contribution >= 0.6 is 0 Å². The molecule has 0 bridgehead atoms. The summed E-state index contributed by atoms with van der Waals surface area (Å²) in [7, 11) is 1.67. The predicted octanol–water partition coefficient (Wildman–Crippen LogP) is 1.26. The lowest BCUT2D eigenvalue weighted by atomic mass is 10.0. The number of amides is 1. The highest BCUT2D eigenvalue weighted by molar-refractivity contribution is 5.84. The topological polar surface area (TPSA) is 84.7 Å². The fraction of sp³-hybridized carbons (Fsp3) is 0.467. The third-order valence-corrected chi connectivity index (χ3v) is 4.32. The van der Waals surface area contributed by atoms with Crippen molar-refractivity contribution in [2.75, 3.05) is 12.4 Å². The van der Waals surface area contributed by atoms with Gasteiger partial charge in [-0.15, -0.1) is 0 Å². The SMILES string of the molecule is CNC(=O)C1CC=CC1n1cnc2c(NC3CC3)ncnc21. The molecule has 2 N–H and O–H groups in total. The van der Waals surface area contributed by atoms with E-state index in [0.29, 0.717) is 6.04 Å². The van der Waals surface area contributed by atoms with E-state index in [0.717, 1.165) is 23.4 Å². The van der Waals surface area contributed by atoms with E-state index in [1.807, 2.05) is 10.6 Å². The average Bonchev–Trinajstić information content (AvgIpc) is 3.05. The van der Waals surface area contributed by atoms with Gasteiger partial charge in [-0.2, -0.15) is 0 Å². The zero-order valence-corrected chi connectivity index (χ0v) is 12.4. The van der Waals surface area contributed by atoms with Crippen LogP contribution in [0, 0.1) is 5.92 Å². The Labute approximate surface area is 127 Å². The highest BCUT2D eigenvalue weighted by Gasteiger charge is 2.31. The molecule has 7 nitrogen and oxygen atoms in total. The molecule has 1 fully saturated rings. The minimum atomic E-state index is -0.114. The van der Waals surface area contributed by atoms with Gasteiger partial charge in [0, 0.05) is 13.1 Å². The molecular weight excluding hydrogens is 280 g/mol. The van der Waals surface area contributed by atoms with Gasteiger partial charge in [0.15, 0.2) is 11.5 Å². The predicted molar refractivity (Wildman–Crippen MR) is 82.3 cm³/mol. The van der Waals surface area contributed by atoms with Crippen LogP contribution in [0.1, 0.15) is 25.3 Å². The molecule has 2 atom stereocenters. The van der Waals surface area contributed by atoms with Crippen LogP contribution in [0.5, 0.6) is 0 Å². The summed E-state index contributed by atoms with van der Waals surface area (Å²) < 4.78 is 1.97. The molecule has 7 heteroatoms. The van der Waals surface area contributed by atoms with Crippen molar-refractivity contribution in [3.8, 4) is 0 Å². The summed E-state index contributed by atoms with van der Waals surface area (Å²) in [6.45, 7) is 0. The number of imidazole rings is 1. The van der Waals surface area contributed by atoms with E-state index in [-0.39, 0.29) is 17.9 Å². The molecule has 22 heavy (non-hydrogen) atoms. The lowest BCUT2D eigenvalue weighted by Gasteiger charge is -2.19. The van der Waals surface area contributed by atoms with Crippen LogP contribution in [0.4, 0.5) is 5.82 Å². The maximum Gasteiger partial charge on any atom is 0.225 e. The number of fused-ring (bicyclic) bond motifs is 1. The van der Waals surface area contributed by atoms with E-state index in [2.05, 4.69) is 31.7 Å². The van der Waals surface area contributed by atoms with Crippen LogP contribution in [0.2, 0.25) is 0 Å². The molecule has 0 aromatic carbocycles. The van der Waals surface area contributed by atoms with E-state index < -0.39 is 0 Å². The van der Waals surface area contributed by atoms with Crippen molar-refractivity contribution in [1.82, 2.24) is 24.8 Å². The van der Waals surface area contributed by atoms with Crippen molar-refractivity contribution in [2.45, 2.75) is 31.3 Å². The first-order chi connectivity index (χ1) is 10.8. The van der Waals surface area contributed by atoms with Gasteiger partial charge in [0.2, 0.25) is 5.91 Å². The van der Waals surface area contributed by atoms with Gasteiger partial charge < -0.3 is 15.2 Å². The van der Waals surface area contributed by atoms with Crippen LogP contribution in [0.25, 0.3) is 11.2 Å². The van der Waals surface area contributed by atoms with Gasteiger partial charge in [0.05, 0.1) is 18.3 Å². The van der Waals surface area contributed by atoms with Gasteiger partial charge >= 0.3 is 0 Å². The maximum absolute atomic E-state index is 12.0. The van der Waals surface area contributed by atoms with Gasteiger partial charge in [0.25, 0.3) is 0 Å². The standard InChI is InChI=1S/C15H18N6O/c1-16-15(22)10-3-2-4-11(10)21-8-19-12-13(20-9-5-6-9)17-7-18-14(12)21/h2,4,7-11H,3,5-6H2,1H3,(H,16,22)(H,17,18,20). The normalized spacial score (nSPS) is 23.9. The van der Waals surface area contributed by atoms with Crippen LogP contribution < -0.4 is 10.6 Å². The number of allylic oxidation sites excluding steroid dienone is 2. The van der Waals surface area contributed by atoms with Crippen LogP contribution in [0.3, 0.4) is 0 Å². The second-order valence-electron chi connectivity index (χ2n) is 5.84. The highest BCUT2D eigenvalue weighted by atomic mass is 16.1. The largest absolute Gasteiger partial charge is 0.365 e. The monoisotopic (exact) mass is 298 g/mol. The summed E-state index contributed by atoms with van der Waals surface area (Å²) in [5, 5.41) is 6.12.